The van der Waals surface area contributed by atoms with Crippen molar-refractivity contribution >= 4 is 47.4 Å². The van der Waals surface area contributed by atoms with Crippen molar-refractivity contribution in [3.8, 4) is 0 Å². The minimum Gasteiger partial charge on any atom is -0.357 e. The maximum atomic E-state index is 11.7. The molecule has 1 aromatic carbocycles. The van der Waals surface area contributed by atoms with Gasteiger partial charge in [-0.25, -0.2) is 4.99 Å². The van der Waals surface area contributed by atoms with Gasteiger partial charge in [-0.2, -0.15) is 0 Å². The van der Waals surface area contributed by atoms with E-state index in [-0.39, 0.29) is 36.4 Å². The van der Waals surface area contributed by atoms with E-state index in [2.05, 4.69) is 20.9 Å². The number of nitrogens with one attached hydrogen (secondary N) is 3. The first-order valence-corrected chi connectivity index (χ1v) is 8.11. The van der Waals surface area contributed by atoms with Gasteiger partial charge >= 0.3 is 0 Å². The first-order chi connectivity index (χ1) is 10.7. The number of rotatable bonds is 7. The molecule has 1 fully saturated rings. The van der Waals surface area contributed by atoms with Gasteiger partial charge in [-0.3, -0.25) is 4.79 Å². The van der Waals surface area contributed by atoms with Gasteiger partial charge < -0.3 is 16.0 Å². The maximum absolute atomic E-state index is 11.7. The summed E-state index contributed by atoms with van der Waals surface area (Å²) in [4.78, 5) is 15.9. The highest BCUT2D eigenvalue weighted by Gasteiger charge is 2.22. The van der Waals surface area contributed by atoms with Crippen molar-refractivity contribution in [1.82, 2.24) is 16.0 Å². The quantitative estimate of drug-likeness (QED) is 0.339. The number of hydrogen-bond acceptors (Lipinski definition) is 2. The number of guanidine groups is 1. The smallest absolute Gasteiger partial charge is 0.242 e. The highest BCUT2D eigenvalue weighted by molar-refractivity contribution is 14.0. The Morgan fingerprint density at radius 2 is 2.04 bits per heavy atom. The molecule has 0 spiro atoms. The molecule has 1 aromatic rings. The van der Waals surface area contributed by atoms with E-state index in [1.807, 2.05) is 31.2 Å². The second-order valence-corrected chi connectivity index (χ2v) is 5.71. The summed E-state index contributed by atoms with van der Waals surface area (Å²) in [6, 6.07) is 8.17. The van der Waals surface area contributed by atoms with Crippen molar-refractivity contribution in [1.29, 1.82) is 0 Å². The number of carbonyl (C=O) groups is 1. The van der Waals surface area contributed by atoms with Crippen LogP contribution in [0.3, 0.4) is 0 Å². The van der Waals surface area contributed by atoms with Crippen LogP contribution in [0.4, 0.5) is 0 Å². The normalized spacial score (nSPS) is 13.9. The van der Waals surface area contributed by atoms with Crippen molar-refractivity contribution in [3.05, 3.63) is 34.9 Å². The Balaban J connectivity index is 0.00000264. The van der Waals surface area contributed by atoms with E-state index < -0.39 is 0 Å². The Morgan fingerprint density at radius 1 is 1.30 bits per heavy atom. The minimum atomic E-state index is -0.0224. The van der Waals surface area contributed by atoms with Gasteiger partial charge in [0.05, 0.1) is 0 Å². The lowest BCUT2D eigenvalue weighted by Crippen LogP contribution is -2.39. The summed E-state index contributed by atoms with van der Waals surface area (Å²) >= 11 is 6.13. The molecule has 1 amide bonds. The largest absolute Gasteiger partial charge is 0.357 e. The zero-order valence-electron chi connectivity index (χ0n) is 13.3. The topological polar surface area (TPSA) is 65.5 Å². The molecule has 1 saturated carbocycles. The Hall–Kier alpha value is -1.02. The minimum absolute atomic E-state index is 0. The van der Waals surface area contributed by atoms with Gasteiger partial charge in [0.25, 0.3) is 0 Å². The molecule has 0 saturated heterocycles. The molecule has 7 heteroatoms. The average molecular weight is 451 g/mol. The molecule has 3 N–H and O–H groups in total. The Labute approximate surface area is 159 Å². The second kappa shape index (κ2) is 10.7. The van der Waals surface area contributed by atoms with Crippen molar-refractivity contribution in [3.63, 3.8) is 0 Å². The monoisotopic (exact) mass is 450 g/mol. The van der Waals surface area contributed by atoms with E-state index in [0.717, 1.165) is 36.4 Å². The fourth-order valence-corrected chi connectivity index (χ4v) is 2.24. The molecule has 128 valence electrons. The van der Waals surface area contributed by atoms with Gasteiger partial charge in [0.1, 0.15) is 6.54 Å². The van der Waals surface area contributed by atoms with Crippen molar-refractivity contribution < 1.29 is 4.79 Å². The summed E-state index contributed by atoms with van der Waals surface area (Å²) in [5.41, 5.74) is 1.10. The molecular formula is C16H24ClIN4O. The van der Waals surface area contributed by atoms with Crippen LogP contribution in [0, 0.1) is 0 Å². The standard InChI is InChI=1S/C16H23ClN4O.HI/c1-2-18-16(20-11-15(22)21-13-7-8-13)19-10-9-12-5-3-4-6-14(12)17;/h3-6,13H,2,7-11H2,1H3,(H,21,22)(H2,18,19,20);1H. The van der Waals surface area contributed by atoms with Crippen molar-refractivity contribution in [2.45, 2.75) is 32.2 Å². The number of amides is 1. The van der Waals surface area contributed by atoms with Gasteiger partial charge in [-0.05, 0) is 37.8 Å². The van der Waals surface area contributed by atoms with Crippen LogP contribution in [-0.4, -0.2) is 37.5 Å². The fraction of sp³-hybridized carbons (Fsp3) is 0.500. The third-order valence-electron chi connectivity index (χ3n) is 3.31. The van der Waals surface area contributed by atoms with Gasteiger partial charge in [0.15, 0.2) is 5.96 Å². The van der Waals surface area contributed by atoms with E-state index in [1.54, 1.807) is 0 Å². The highest BCUT2D eigenvalue weighted by atomic mass is 127. The first kappa shape index (κ1) is 20.0. The van der Waals surface area contributed by atoms with E-state index >= 15 is 0 Å². The molecule has 0 aromatic heterocycles. The predicted molar refractivity (Wildman–Crippen MR) is 106 cm³/mol. The number of nitrogens with zero attached hydrogens (tertiary/aromatic N) is 1. The molecule has 2 rings (SSSR count). The molecule has 0 heterocycles. The molecule has 0 radical (unpaired) electrons. The number of carbonyl (C=O) groups excluding carboxylic acids is 1. The summed E-state index contributed by atoms with van der Waals surface area (Å²) < 4.78 is 0. The fourth-order valence-electron chi connectivity index (χ4n) is 2.01. The predicted octanol–water partition coefficient (Wildman–Crippen LogP) is 2.33. The van der Waals surface area contributed by atoms with Crippen LogP contribution in [0.5, 0.6) is 0 Å². The molecule has 1 aliphatic carbocycles. The van der Waals surface area contributed by atoms with E-state index in [9.17, 15) is 4.79 Å². The van der Waals surface area contributed by atoms with Gasteiger partial charge in [0, 0.05) is 24.2 Å². The van der Waals surface area contributed by atoms with E-state index in [1.165, 1.54) is 0 Å². The molecule has 23 heavy (non-hydrogen) atoms. The summed E-state index contributed by atoms with van der Waals surface area (Å²) in [6.07, 6.45) is 2.98. The van der Waals surface area contributed by atoms with Gasteiger partial charge in [-0.15, -0.1) is 24.0 Å². The van der Waals surface area contributed by atoms with Crippen molar-refractivity contribution in [2.75, 3.05) is 19.6 Å². The molecule has 5 nitrogen and oxygen atoms in total. The van der Waals surface area contributed by atoms with Crippen molar-refractivity contribution in [2.24, 2.45) is 4.99 Å². The summed E-state index contributed by atoms with van der Waals surface area (Å²) in [7, 11) is 0. The van der Waals surface area contributed by atoms with Crippen LogP contribution in [0.2, 0.25) is 5.02 Å². The molecule has 0 bridgehead atoms. The summed E-state index contributed by atoms with van der Waals surface area (Å²) in [6.45, 7) is 3.61. The highest BCUT2D eigenvalue weighted by Crippen LogP contribution is 2.18. The third kappa shape index (κ3) is 7.87. The average Bonchev–Trinajstić information content (AvgIpc) is 3.30. The van der Waals surface area contributed by atoms with Gasteiger partial charge in [0.2, 0.25) is 5.91 Å². The zero-order chi connectivity index (χ0) is 15.8. The zero-order valence-corrected chi connectivity index (χ0v) is 16.4. The van der Waals surface area contributed by atoms with Crippen LogP contribution in [-0.2, 0) is 11.2 Å². The van der Waals surface area contributed by atoms with E-state index in [0.29, 0.717) is 18.5 Å². The van der Waals surface area contributed by atoms with Crippen LogP contribution >= 0.6 is 35.6 Å². The maximum Gasteiger partial charge on any atom is 0.242 e. The molecule has 0 aliphatic heterocycles. The van der Waals surface area contributed by atoms with Crippen LogP contribution in [0.1, 0.15) is 25.3 Å². The third-order valence-corrected chi connectivity index (χ3v) is 3.68. The molecular weight excluding hydrogens is 427 g/mol. The lowest BCUT2D eigenvalue weighted by Gasteiger charge is -2.11. The van der Waals surface area contributed by atoms with E-state index in [4.69, 9.17) is 11.6 Å². The number of benzene rings is 1. The van der Waals surface area contributed by atoms with Gasteiger partial charge in [-0.1, -0.05) is 29.8 Å². The SMILES string of the molecule is CCNC(=NCC(=O)NC1CC1)NCCc1ccccc1Cl.I. The number of aliphatic imine (C=N–C) groups is 1. The summed E-state index contributed by atoms with van der Waals surface area (Å²) in [5, 5.41) is 10.0. The molecule has 0 atom stereocenters. The Morgan fingerprint density at radius 3 is 2.70 bits per heavy atom. The Kier molecular flexibility index (Phi) is 9.31. The second-order valence-electron chi connectivity index (χ2n) is 5.31. The molecule has 0 unspecified atom stereocenters. The first-order valence-electron chi connectivity index (χ1n) is 7.74. The van der Waals surface area contributed by atoms with Crippen LogP contribution < -0.4 is 16.0 Å². The summed E-state index contributed by atoms with van der Waals surface area (Å²) in [5.74, 6) is 0.631. The lowest BCUT2D eigenvalue weighted by atomic mass is 10.1. The number of hydrogen-bond donors (Lipinski definition) is 3. The number of halogens is 2. The van der Waals surface area contributed by atoms with Crippen LogP contribution in [0.15, 0.2) is 29.3 Å². The Bertz CT molecular complexity index is 535. The molecule has 1 aliphatic rings. The van der Waals surface area contributed by atoms with Crippen LogP contribution in [0.25, 0.3) is 0 Å². The lowest BCUT2D eigenvalue weighted by molar-refractivity contribution is -0.119.